The Kier molecular flexibility index (Phi) is 6.60. The predicted molar refractivity (Wildman–Crippen MR) is 118 cm³/mol. The molecule has 0 aliphatic carbocycles. The minimum absolute atomic E-state index is 0.129. The van der Waals surface area contributed by atoms with Crippen LogP contribution in [0.4, 0.5) is 0 Å². The maximum absolute atomic E-state index is 12.9. The van der Waals surface area contributed by atoms with E-state index in [9.17, 15) is 4.79 Å². The first-order valence-corrected chi connectivity index (χ1v) is 10.5. The molecule has 1 N–H and O–H groups in total. The van der Waals surface area contributed by atoms with Crippen molar-refractivity contribution in [2.75, 3.05) is 40.0 Å². The second kappa shape index (κ2) is 9.55. The number of rotatable bonds is 7. The van der Waals surface area contributed by atoms with Gasteiger partial charge in [-0.3, -0.25) is 14.4 Å². The first-order chi connectivity index (χ1) is 15.0. The van der Waals surface area contributed by atoms with Crippen molar-refractivity contribution in [2.24, 2.45) is 7.05 Å². The summed E-state index contributed by atoms with van der Waals surface area (Å²) in [6, 6.07) is 9.59. The van der Waals surface area contributed by atoms with Gasteiger partial charge >= 0.3 is 0 Å². The first kappa shape index (κ1) is 21.4. The molecule has 8 nitrogen and oxygen atoms in total. The van der Waals surface area contributed by atoms with Crippen LogP contribution in [0.25, 0.3) is 10.9 Å². The van der Waals surface area contributed by atoms with Crippen LogP contribution in [0.3, 0.4) is 0 Å². The lowest BCUT2D eigenvalue weighted by Gasteiger charge is -2.32. The van der Waals surface area contributed by atoms with Crippen molar-refractivity contribution >= 4 is 16.8 Å². The van der Waals surface area contributed by atoms with Gasteiger partial charge in [-0.2, -0.15) is 5.10 Å². The van der Waals surface area contributed by atoms with Crippen LogP contribution in [-0.2, 0) is 23.1 Å². The van der Waals surface area contributed by atoms with Crippen LogP contribution in [0, 0.1) is 6.92 Å². The third-order valence-electron chi connectivity index (χ3n) is 5.56. The molecule has 8 heteroatoms. The Morgan fingerprint density at radius 3 is 2.97 bits per heavy atom. The SMILES string of the molecule is COCCNC(=O)c1cc([C@@H]2CN(Cc3cn(C)nc3C)CCO2)nc2ccccc12. The number of fused-ring (bicyclic) bond motifs is 1. The number of hydrogen-bond acceptors (Lipinski definition) is 6. The van der Waals surface area contributed by atoms with Crippen molar-refractivity contribution in [3.05, 3.63) is 59.0 Å². The molecule has 1 aromatic carbocycles. The standard InChI is InChI=1S/C23H29N5O3/c1-16-17(13-27(2)26-16)14-28-9-11-31-22(15-28)21-12-19(23(29)24-8-10-30-3)18-6-4-5-7-20(18)25-21/h4-7,12-13,22H,8-11,14-15H2,1-3H3,(H,24,29)/t22-/m0/s1. The van der Waals surface area contributed by atoms with Crippen LogP contribution in [0.1, 0.15) is 33.4 Å². The van der Waals surface area contributed by atoms with Gasteiger partial charge in [0.15, 0.2) is 0 Å². The quantitative estimate of drug-likeness (QED) is 0.587. The smallest absolute Gasteiger partial charge is 0.252 e. The number of nitrogens with zero attached hydrogens (tertiary/aromatic N) is 4. The molecule has 0 saturated carbocycles. The number of aryl methyl sites for hydroxylation is 2. The van der Waals surface area contributed by atoms with Crippen LogP contribution in [0.5, 0.6) is 0 Å². The van der Waals surface area contributed by atoms with E-state index in [1.807, 2.05) is 49.0 Å². The summed E-state index contributed by atoms with van der Waals surface area (Å²) in [4.78, 5) is 20.0. The third-order valence-corrected chi connectivity index (χ3v) is 5.56. The van der Waals surface area contributed by atoms with Crippen LogP contribution >= 0.6 is 0 Å². The van der Waals surface area contributed by atoms with E-state index in [2.05, 4.69) is 21.5 Å². The molecular weight excluding hydrogens is 394 g/mol. The van der Waals surface area contributed by atoms with Gasteiger partial charge < -0.3 is 14.8 Å². The van der Waals surface area contributed by atoms with E-state index in [0.717, 1.165) is 35.4 Å². The Hall–Kier alpha value is -2.81. The number of hydrogen-bond donors (Lipinski definition) is 1. The fourth-order valence-corrected chi connectivity index (χ4v) is 3.98. The monoisotopic (exact) mass is 423 g/mol. The van der Waals surface area contributed by atoms with Crippen LogP contribution < -0.4 is 5.32 Å². The van der Waals surface area contributed by atoms with Gasteiger partial charge in [-0.25, -0.2) is 4.98 Å². The molecule has 1 amide bonds. The van der Waals surface area contributed by atoms with Crippen LogP contribution in [0.2, 0.25) is 0 Å². The largest absolute Gasteiger partial charge is 0.383 e. The molecule has 1 atom stereocenters. The van der Waals surface area contributed by atoms with Crippen molar-refractivity contribution < 1.29 is 14.3 Å². The number of aromatic nitrogens is 3. The summed E-state index contributed by atoms with van der Waals surface area (Å²) in [6.45, 7) is 5.96. The fourth-order valence-electron chi connectivity index (χ4n) is 3.98. The summed E-state index contributed by atoms with van der Waals surface area (Å²) < 4.78 is 13.0. The summed E-state index contributed by atoms with van der Waals surface area (Å²) in [5, 5.41) is 8.20. The van der Waals surface area contributed by atoms with E-state index >= 15 is 0 Å². The zero-order chi connectivity index (χ0) is 21.8. The topological polar surface area (TPSA) is 81.5 Å². The molecule has 31 heavy (non-hydrogen) atoms. The molecule has 3 heterocycles. The predicted octanol–water partition coefficient (Wildman–Crippen LogP) is 2.23. The molecule has 1 aliphatic rings. The Morgan fingerprint density at radius 1 is 1.35 bits per heavy atom. The molecule has 4 rings (SSSR count). The van der Waals surface area contributed by atoms with Gasteiger partial charge in [0.05, 0.1) is 35.7 Å². The van der Waals surface area contributed by atoms with E-state index in [-0.39, 0.29) is 12.0 Å². The lowest BCUT2D eigenvalue weighted by atomic mass is 10.0. The molecule has 2 aromatic heterocycles. The maximum Gasteiger partial charge on any atom is 0.252 e. The first-order valence-electron chi connectivity index (χ1n) is 10.5. The molecule has 0 unspecified atom stereocenters. The normalized spacial score (nSPS) is 17.2. The Bertz CT molecular complexity index is 1060. The minimum Gasteiger partial charge on any atom is -0.383 e. The highest BCUT2D eigenvalue weighted by Gasteiger charge is 2.25. The van der Waals surface area contributed by atoms with Gasteiger partial charge in [-0.05, 0) is 19.1 Å². The van der Waals surface area contributed by atoms with E-state index in [1.54, 1.807) is 7.11 Å². The second-order valence-electron chi connectivity index (χ2n) is 7.87. The fraction of sp³-hybridized carbons (Fsp3) is 0.435. The van der Waals surface area contributed by atoms with E-state index in [1.165, 1.54) is 5.56 Å². The molecule has 1 saturated heterocycles. The highest BCUT2D eigenvalue weighted by Crippen LogP contribution is 2.27. The van der Waals surface area contributed by atoms with E-state index in [4.69, 9.17) is 14.5 Å². The van der Waals surface area contributed by atoms with Crippen molar-refractivity contribution in [1.29, 1.82) is 0 Å². The molecule has 0 bridgehead atoms. The Balaban J connectivity index is 1.58. The Labute approximate surface area is 182 Å². The third kappa shape index (κ3) is 4.92. The number of morpholine rings is 1. The number of para-hydroxylation sites is 1. The number of benzene rings is 1. The zero-order valence-electron chi connectivity index (χ0n) is 18.3. The van der Waals surface area contributed by atoms with Crippen LogP contribution in [-0.4, -0.2) is 65.5 Å². The summed E-state index contributed by atoms with van der Waals surface area (Å²) in [5.41, 5.74) is 4.45. The average molecular weight is 424 g/mol. The molecule has 3 aromatic rings. The van der Waals surface area contributed by atoms with Gasteiger partial charge in [0, 0.05) is 57.5 Å². The van der Waals surface area contributed by atoms with E-state index < -0.39 is 0 Å². The lowest BCUT2D eigenvalue weighted by molar-refractivity contribution is -0.0349. The minimum atomic E-state index is -0.194. The molecule has 1 fully saturated rings. The molecule has 164 valence electrons. The summed E-state index contributed by atoms with van der Waals surface area (Å²) in [5.74, 6) is -0.129. The lowest BCUT2D eigenvalue weighted by Crippen LogP contribution is -2.38. The summed E-state index contributed by atoms with van der Waals surface area (Å²) in [6.07, 6.45) is 1.87. The summed E-state index contributed by atoms with van der Waals surface area (Å²) >= 11 is 0. The number of pyridine rings is 1. The second-order valence-corrected chi connectivity index (χ2v) is 7.87. The number of carbonyl (C=O) groups is 1. The van der Waals surface area contributed by atoms with Crippen molar-refractivity contribution in [1.82, 2.24) is 25.0 Å². The molecule has 1 aliphatic heterocycles. The number of amides is 1. The molecule has 0 spiro atoms. The van der Waals surface area contributed by atoms with Gasteiger partial charge in [0.1, 0.15) is 6.10 Å². The van der Waals surface area contributed by atoms with Gasteiger partial charge in [0.2, 0.25) is 0 Å². The van der Waals surface area contributed by atoms with Gasteiger partial charge in [0.25, 0.3) is 5.91 Å². The number of carbonyl (C=O) groups excluding carboxylic acids is 1. The highest BCUT2D eigenvalue weighted by molar-refractivity contribution is 6.06. The maximum atomic E-state index is 12.9. The summed E-state index contributed by atoms with van der Waals surface area (Å²) in [7, 11) is 3.56. The van der Waals surface area contributed by atoms with Gasteiger partial charge in [-0.1, -0.05) is 18.2 Å². The van der Waals surface area contributed by atoms with Crippen molar-refractivity contribution in [3.63, 3.8) is 0 Å². The molecule has 0 radical (unpaired) electrons. The molecular formula is C23H29N5O3. The number of ether oxygens (including phenoxy) is 2. The van der Waals surface area contributed by atoms with Crippen LogP contribution in [0.15, 0.2) is 36.5 Å². The van der Waals surface area contributed by atoms with E-state index in [0.29, 0.717) is 31.9 Å². The number of methoxy groups -OCH3 is 1. The van der Waals surface area contributed by atoms with Gasteiger partial charge in [-0.15, -0.1) is 0 Å². The average Bonchev–Trinajstić information content (AvgIpc) is 3.09. The zero-order valence-corrected chi connectivity index (χ0v) is 18.3. The highest BCUT2D eigenvalue weighted by atomic mass is 16.5. The number of nitrogens with one attached hydrogen (secondary N) is 1. The van der Waals surface area contributed by atoms with Crippen molar-refractivity contribution in [2.45, 2.75) is 19.6 Å². The van der Waals surface area contributed by atoms with Crippen molar-refractivity contribution in [3.8, 4) is 0 Å². The Morgan fingerprint density at radius 2 is 2.19 bits per heavy atom.